The van der Waals surface area contributed by atoms with E-state index in [-0.39, 0.29) is 11.3 Å². The van der Waals surface area contributed by atoms with Gasteiger partial charge in [-0.05, 0) is 17.5 Å². The van der Waals surface area contributed by atoms with Crippen molar-refractivity contribution in [3.8, 4) is 0 Å². The van der Waals surface area contributed by atoms with Gasteiger partial charge in [-0.2, -0.15) is 0 Å². The first-order chi connectivity index (χ1) is 6.59. The highest BCUT2D eigenvalue weighted by Gasteiger charge is 2.14. The van der Waals surface area contributed by atoms with Gasteiger partial charge in [-0.25, -0.2) is 4.79 Å². The summed E-state index contributed by atoms with van der Waals surface area (Å²) in [4.78, 5) is 10.9. The molecule has 2 rings (SSSR count). The molecule has 0 atom stereocenters. The van der Waals surface area contributed by atoms with E-state index in [0.29, 0.717) is 9.04 Å². The number of carbonyl (C=O) groups is 1. The van der Waals surface area contributed by atoms with E-state index in [2.05, 4.69) is 0 Å². The van der Waals surface area contributed by atoms with Crippen LogP contribution < -0.4 is 5.73 Å². The van der Waals surface area contributed by atoms with Gasteiger partial charge >= 0.3 is 5.97 Å². The lowest BCUT2D eigenvalue weighted by atomic mass is 10.1. The molecule has 0 spiro atoms. The maximum atomic E-state index is 10.9. The van der Waals surface area contributed by atoms with E-state index >= 15 is 0 Å². The molecule has 0 fully saturated rings. The number of carboxylic acids is 1. The molecule has 0 aliphatic carbocycles. The number of fused-ring (bicyclic) bond motifs is 1. The molecule has 0 unspecified atom stereocenters. The van der Waals surface area contributed by atoms with Crippen LogP contribution in [0.4, 0.5) is 5.69 Å². The summed E-state index contributed by atoms with van der Waals surface area (Å²) in [5.41, 5.74) is 5.99. The summed E-state index contributed by atoms with van der Waals surface area (Å²) >= 11 is 7.02. The van der Waals surface area contributed by atoms with Crippen molar-refractivity contribution in [1.29, 1.82) is 0 Å². The molecule has 5 heteroatoms. The first-order valence-electron chi connectivity index (χ1n) is 3.80. The van der Waals surface area contributed by atoms with E-state index in [0.717, 1.165) is 5.39 Å². The molecule has 2 aromatic rings. The summed E-state index contributed by atoms with van der Waals surface area (Å²) in [7, 11) is 0. The normalized spacial score (nSPS) is 10.6. The summed E-state index contributed by atoms with van der Waals surface area (Å²) in [6, 6.07) is 5.07. The van der Waals surface area contributed by atoms with Crippen molar-refractivity contribution in [2.45, 2.75) is 0 Å². The molecule has 14 heavy (non-hydrogen) atoms. The Morgan fingerprint density at radius 1 is 1.50 bits per heavy atom. The largest absolute Gasteiger partial charge is 0.478 e. The Morgan fingerprint density at radius 3 is 2.86 bits per heavy atom. The highest BCUT2D eigenvalue weighted by atomic mass is 35.5. The van der Waals surface area contributed by atoms with Gasteiger partial charge in [0.25, 0.3) is 0 Å². The van der Waals surface area contributed by atoms with Crippen molar-refractivity contribution in [2.75, 3.05) is 5.73 Å². The maximum absolute atomic E-state index is 10.9. The third-order valence-electron chi connectivity index (χ3n) is 1.90. The summed E-state index contributed by atoms with van der Waals surface area (Å²) in [5, 5.41) is 9.77. The Kier molecular flexibility index (Phi) is 2.09. The number of nitrogens with two attached hydrogens (primary N) is 1. The second-order valence-corrected chi connectivity index (χ2v) is 4.49. The molecular formula is C9H6ClNO2S. The standard InChI is InChI=1S/C9H6ClNO2S/c10-6-3-4-1-2-5(11)7(9(12)13)8(4)14-6/h1-3H,11H2,(H,12,13). The van der Waals surface area contributed by atoms with Gasteiger partial charge in [0.2, 0.25) is 0 Å². The van der Waals surface area contributed by atoms with Gasteiger partial charge < -0.3 is 10.8 Å². The van der Waals surface area contributed by atoms with Crippen LogP contribution in [0.3, 0.4) is 0 Å². The van der Waals surface area contributed by atoms with Crippen molar-refractivity contribution in [3.05, 3.63) is 28.1 Å². The maximum Gasteiger partial charge on any atom is 0.339 e. The molecule has 1 heterocycles. The number of benzene rings is 1. The third kappa shape index (κ3) is 1.32. The number of hydrogen-bond donors (Lipinski definition) is 2. The Labute approximate surface area is 88.7 Å². The van der Waals surface area contributed by atoms with Crippen molar-refractivity contribution in [3.63, 3.8) is 0 Å². The van der Waals surface area contributed by atoms with E-state index in [1.54, 1.807) is 18.2 Å². The number of halogens is 1. The predicted molar refractivity (Wildman–Crippen MR) is 58.2 cm³/mol. The lowest BCUT2D eigenvalue weighted by Gasteiger charge is -2.00. The Balaban J connectivity index is 2.88. The molecule has 0 saturated heterocycles. The summed E-state index contributed by atoms with van der Waals surface area (Å²) < 4.78 is 1.19. The van der Waals surface area contributed by atoms with Gasteiger partial charge in [0.1, 0.15) is 5.56 Å². The molecule has 3 N–H and O–H groups in total. The van der Waals surface area contributed by atoms with Crippen molar-refractivity contribution in [2.24, 2.45) is 0 Å². The fourth-order valence-corrected chi connectivity index (χ4v) is 2.59. The van der Waals surface area contributed by atoms with Crippen LogP contribution in [-0.4, -0.2) is 11.1 Å². The molecule has 0 aliphatic rings. The number of aromatic carboxylic acids is 1. The van der Waals surface area contributed by atoms with Crippen LogP contribution in [0.1, 0.15) is 10.4 Å². The predicted octanol–water partition coefficient (Wildman–Crippen LogP) is 2.84. The molecule has 3 nitrogen and oxygen atoms in total. The molecule has 1 aromatic carbocycles. The summed E-state index contributed by atoms with van der Waals surface area (Å²) in [6.07, 6.45) is 0. The summed E-state index contributed by atoms with van der Waals surface area (Å²) in [5.74, 6) is -1.02. The minimum atomic E-state index is -1.02. The van der Waals surface area contributed by atoms with Crippen molar-refractivity contribution in [1.82, 2.24) is 0 Å². The Hall–Kier alpha value is -1.26. The summed E-state index contributed by atoms with van der Waals surface area (Å²) in [6.45, 7) is 0. The fraction of sp³-hybridized carbons (Fsp3) is 0. The zero-order valence-electron chi connectivity index (χ0n) is 6.95. The second kappa shape index (κ2) is 3.15. The molecule has 0 bridgehead atoms. The lowest BCUT2D eigenvalue weighted by molar-refractivity contribution is 0.0700. The average Bonchev–Trinajstić information content (AvgIpc) is 2.43. The van der Waals surface area contributed by atoms with E-state index in [4.69, 9.17) is 22.4 Å². The second-order valence-electron chi connectivity index (χ2n) is 2.80. The van der Waals surface area contributed by atoms with Gasteiger partial charge in [-0.15, -0.1) is 11.3 Å². The number of anilines is 1. The van der Waals surface area contributed by atoms with Gasteiger partial charge in [0.15, 0.2) is 0 Å². The molecule has 0 saturated carbocycles. The number of rotatable bonds is 1. The van der Waals surface area contributed by atoms with Crippen LogP contribution in [0.15, 0.2) is 18.2 Å². The van der Waals surface area contributed by atoms with Gasteiger partial charge in [-0.3, -0.25) is 0 Å². The molecule has 1 aromatic heterocycles. The third-order valence-corrected chi connectivity index (χ3v) is 3.20. The fourth-order valence-electron chi connectivity index (χ4n) is 1.31. The molecule has 0 radical (unpaired) electrons. The molecular weight excluding hydrogens is 222 g/mol. The van der Waals surface area contributed by atoms with Crippen molar-refractivity contribution < 1.29 is 9.90 Å². The van der Waals surface area contributed by atoms with Crippen LogP contribution in [0, 0.1) is 0 Å². The highest BCUT2D eigenvalue weighted by Crippen LogP contribution is 2.34. The van der Waals surface area contributed by atoms with Gasteiger partial charge in [-0.1, -0.05) is 17.7 Å². The van der Waals surface area contributed by atoms with Crippen LogP contribution in [-0.2, 0) is 0 Å². The smallest absolute Gasteiger partial charge is 0.339 e. The number of carboxylic acid groups (broad SMARTS) is 1. The molecule has 0 aliphatic heterocycles. The Morgan fingerprint density at radius 2 is 2.21 bits per heavy atom. The zero-order chi connectivity index (χ0) is 10.3. The van der Waals surface area contributed by atoms with Crippen LogP contribution in [0.5, 0.6) is 0 Å². The van der Waals surface area contributed by atoms with Crippen molar-refractivity contribution >= 4 is 44.7 Å². The average molecular weight is 228 g/mol. The first kappa shape index (κ1) is 9.30. The van der Waals surface area contributed by atoms with E-state index in [9.17, 15) is 4.79 Å². The van der Waals surface area contributed by atoms with E-state index < -0.39 is 5.97 Å². The minimum Gasteiger partial charge on any atom is -0.478 e. The molecule has 0 amide bonds. The zero-order valence-corrected chi connectivity index (χ0v) is 8.52. The number of hydrogen-bond acceptors (Lipinski definition) is 3. The van der Waals surface area contributed by atoms with Crippen LogP contribution in [0.25, 0.3) is 10.1 Å². The quantitative estimate of drug-likeness (QED) is 0.737. The monoisotopic (exact) mass is 227 g/mol. The number of thiophene rings is 1. The first-order valence-corrected chi connectivity index (χ1v) is 5.00. The van der Waals surface area contributed by atoms with Gasteiger partial charge in [0.05, 0.1) is 9.04 Å². The van der Waals surface area contributed by atoms with Gasteiger partial charge in [0, 0.05) is 5.69 Å². The van der Waals surface area contributed by atoms with E-state index in [1.807, 2.05) is 0 Å². The minimum absolute atomic E-state index is 0.138. The Bertz CT molecular complexity index is 521. The highest BCUT2D eigenvalue weighted by molar-refractivity contribution is 7.23. The SMILES string of the molecule is Nc1ccc2cc(Cl)sc2c1C(=O)O. The van der Waals surface area contributed by atoms with Crippen LogP contribution in [0.2, 0.25) is 4.34 Å². The van der Waals surface area contributed by atoms with Crippen LogP contribution >= 0.6 is 22.9 Å². The van der Waals surface area contributed by atoms with E-state index in [1.165, 1.54) is 11.3 Å². The topological polar surface area (TPSA) is 63.3 Å². The molecule has 72 valence electrons. The lowest BCUT2D eigenvalue weighted by Crippen LogP contribution is -2.01. The number of nitrogen functional groups attached to an aromatic ring is 1.